The van der Waals surface area contributed by atoms with Gasteiger partial charge in [-0.05, 0) is 68.6 Å². The minimum absolute atomic E-state index is 0.00904. The molecule has 0 amide bonds. The van der Waals surface area contributed by atoms with Gasteiger partial charge in [-0.1, -0.05) is 13.8 Å². The van der Waals surface area contributed by atoms with E-state index in [1.54, 1.807) is 0 Å². The molecule has 3 fully saturated rings. The summed E-state index contributed by atoms with van der Waals surface area (Å²) in [7, 11) is 0. The third-order valence-corrected chi connectivity index (χ3v) is 8.34. The largest absolute Gasteiger partial charge is 0.396 e. The Labute approximate surface area is 186 Å². The van der Waals surface area contributed by atoms with Gasteiger partial charge in [0.2, 0.25) is 0 Å². The molecule has 0 aromatic carbocycles. The van der Waals surface area contributed by atoms with E-state index in [2.05, 4.69) is 0 Å². The fraction of sp³-hybridized carbons (Fsp3) is 1.00. The first kappa shape index (κ1) is 25.3. The van der Waals surface area contributed by atoms with Crippen LogP contribution in [0.4, 0.5) is 0 Å². The highest BCUT2D eigenvalue weighted by Crippen LogP contribution is 2.62. The summed E-state index contributed by atoms with van der Waals surface area (Å²) in [5.74, 6) is 0.720. The lowest BCUT2D eigenvalue weighted by Crippen LogP contribution is -2.41. The molecule has 7 heteroatoms. The summed E-state index contributed by atoms with van der Waals surface area (Å²) in [6.07, 6.45) is 6.79. The van der Waals surface area contributed by atoms with Gasteiger partial charge >= 0.3 is 0 Å². The lowest BCUT2D eigenvalue weighted by Gasteiger charge is -2.44. The smallest absolute Gasteiger partial charge is 0.157 e. The lowest BCUT2D eigenvalue weighted by molar-refractivity contribution is -0.199. The van der Waals surface area contributed by atoms with Crippen molar-refractivity contribution in [3.63, 3.8) is 0 Å². The van der Waals surface area contributed by atoms with Crippen LogP contribution in [-0.2, 0) is 9.47 Å². The number of ether oxygens (including phenoxy) is 2. The van der Waals surface area contributed by atoms with Crippen LogP contribution in [0.3, 0.4) is 0 Å². The van der Waals surface area contributed by atoms with E-state index in [1.807, 2.05) is 13.8 Å². The van der Waals surface area contributed by atoms with Crippen molar-refractivity contribution >= 4 is 0 Å². The van der Waals surface area contributed by atoms with Crippen LogP contribution in [0.25, 0.3) is 0 Å². The number of aliphatic hydroxyl groups is 5. The molecule has 0 spiro atoms. The fourth-order valence-electron chi connectivity index (χ4n) is 6.87. The van der Waals surface area contributed by atoms with Crippen molar-refractivity contribution in [2.75, 3.05) is 39.6 Å². The summed E-state index contributed by atoms with van der Waals surface area (Å²) in [4.78, 5) is 0. The van der Waals surface area contributed by atoms with Gasteiger partial charge < -0.3 is 35.0 Å². The molecule has 5 atom stereocenters. The Hall–Kier alpha value is -0.280. The Bertz CT molecular complexity index is 534. The van der Waals surface area contributed by atoms with Gasteiger partial charge in [0, 0.05) is 30.0 Å². The van der Waals surface area contributed by atoms with Gasteiger partial charge in [0.25, 0.3) is 0 Å². The van der Waals surface area contributed by atoms with Gasteiger partial charge in [-0.15, -0.1) is 0 Å². The Morgan fingerprint density at radius 3 is 2.00 bits per heavy atom. The number of aliphatic hydroxyl groups excluding tert-OH is 5. The Balaban J connectivity index is 1.77. The molecular formula is C24H44O7. The minimum atomic E-state index is -0.620. The normalized spacial score (nSPS) is 33.6. The zero-order valence-corrected chi connectivity index (χ0v) is 19.3. The van der Waals surface area contributed by atoms with Crippen molar-refractivity contribution in [3.8, 4) is 0 Å². The number of fused-ring (bicyclic) bond motifs is 1. The molecule has 3 rings (SSSR count). The second-order valence-corrected chi connectivity index (χ2v) is 11.5. The molecule has 0 radical (unpaired) electrons. The van der Waals surface area contributed by atoms with Gasteiger partial charge in [-0.2, -0.15) is 0 Å². The van der Waals surface area contributed by atoms with Crippen molar-refractivity contribution < 1.29 is 35.0 Å². The molecule has 2 aliphatic carbocycles. The lowest BCUT2D eigenvalue weighted by atomic mass is 9.63. The molecule has 0 aromatic rings. The summed E-state index contributed by atoms with van der Waals surface area (Å²) >= 11 is 0. The van der Waals surface area contributed by atoms with E-state index in [4.69, 9.17) is 9.47 Å². The van der Waals surface area contributed by atoms with Crippen LogP contribution in [-0.4, -0.2) is 77.6 Å². The van der Waals surface area contributed by atoms with E-state index in [1.165, 1.54) is 0 Å². The fourth-order valence-corrected chi connectivity index (χ4v) is 6.87. The average molecular weight is 445 g/mol. The van der Waals surface area contributed by atoms with Crippen LogP contribution in [0.5, 0.6) is 0 Å². The predicted octanol–water partition coefficient (Wildman–Crippen LogP) is 1.68. The third-order valence-electron chi connectivity index (χ3n) is 8.34. The minimum Gasteiger partial charge on any atom is -0.396 e. The maximum atomic E-state index is 10.3. The maximum Gasteiger partial charge on any atom is 0.157 e. The van der Waals surface area contributed by atoms with E-state index >= 15 is 0 Å². The molecule has 0 aromatic heterocycles. The monoisotopic (exact) mass is 444 g/mol. The predicted molar refractivity (Wildman–Crippen MR) is 116 cm³/mol. The second kappa shape index (κ2) is 10.3. The molecule has 0 bridgehead atoms. The second-order valence-electron chi connectivity index (χ2n) is 11.5. The van der Waals surface area contributed by atoms with E-state index < -0.39 is 10.8 Å². The highest BCUT2D eigenvalue weighted by Gasteiger charge is 2.57. The third kappa shape index (κ3) is 5.62. The molecule has 182 valence electrons. The first-order valence-electron chi connectivity index (χ1n) is 12.1. The van der Waals surface area contributed by atoms with Crippen molar-refractivity contribution in [3.05, 3.63) is 0 Å². The highest BCUT2D eigenvalue weighted by atomic mass is 16.7. The number of hydrogen-bond donors (Lipinski definition) is 5. The Kier molecular flexibility index (Phi) is 8.44. The zero-order chi connectivity index (χ0) is 22.7. The summed E-state index contributed by atoms with van der Waals surface area (Å²) in [6, 6.07) is 0. The van der Waals surface area contributed by atoms with Gasteiger partial charge in [-0.25, -0.2) is 0 Å². The zero-order valence-electron chi connectivity index (χ0n) is 19.3. The number of hydrogen-bond acceptors (Lipinski definition) is 7. The molecule has 1 saturated heterocycles. The van der Waals surface area contributed by atoms with E-state index in [-0.39, 0.29) is 56.8 Å². The van der Waals surface area contributed by atoms with E-state index in [0.29, 0.717) is 24.7 Å². The van der Waals surface area contributed by atoms with Gasteiger partial charge in [-0.3, -0.25) is 0 Å². The number of rotatable bonds is 11. The molecule has 1 heterocycles. The molecule has 7 nitrogen and oxygen atoms in total. The van der Waals surface area contributed by atoms with Crippen molar-refractivity contribution in [2.45, 2.75) is 77.6 Å². The quantitative estimate of drug-likeness (QED) is 0.329. The van der Waals surface area contributed by atoms with E-state index in [0.717, 1.165) is 45.1 Å². The van der Waals surface area contributed by atoms with Gasteiger partial charge in [0.15, 0.2) is 6.29 Å². The molecule has 5 N–H and O–H groups in total. The van der Waals surface area contributed by atoms with Gasteiger partial charge in [0.1, 0.15) is 0 Å². The average Bonchev–Trinajstić information content (AvgIpc) is 3.26. The summed E-state index contributed by atoms with van der Waals surface area (Å²) in [5, 5.41) is 50.1. The first-order valence-corrected chi connectivity index (χ1v) is 12.1. The van der Waals surface area contributed by atoms with Crippen LogP contribution in [0, 0.1) is 34.0 Å². The van der Waals surface area contributed by atoms with Crippen LogP contribution in [0.1, 0.15) is 65.2 Å². The summed E-state index contributed by atoms with van der Waals surface area (Å²) < 4.78 is 12.1. The van der Waals surface area contributed by atoms with Crippen molar-refractivity contribution in [1.29, 1.82) is 0 Å². The van der Waals surface area contributed by atoms with Crippen LogP contribution < -0.4 is 0 Å². The summed E-state index contributed by atoms with van der Waals surface area (Å²) in [5.41, 5.74) is -1.45. The standard InChI is InChI=1S/C24H44O7/c1-22(13-26,14-27)11-24(12-23(2,15-28)16-29)8-17-7-20(19(10-25)18(17)9-24)31-21-5-3-4-6-30-21/h17-21,25-29H,3-16H2,1-2H3/t17-,18+,19+,20+,21?/m0/s1. The Morgan fingerprint density at radius 1 is 0.903 bits per heavy atom. The Morgan fingerprint density at radius 2 is 1.52 bits per heavy atom. The first-order chi connectivity index (χ1) is 14.7. The molecule has 2 saturated carbocycles. The topological polar surface area (TPSA) is 120 Å². The van der Waals surface area contributed by atoms with E-state index in [9.17, 15) is 25.5 Å². The highest BCUT2D eigenvalue weighted by molar-refractivity contribution is 5.06. The van der Waals surface area contributed by atoms with Crippen LogP contribution >= 0.6 is 0 Å². The van der Waals surface area contributed by atoms with Crippen molar-refractivity contribution in [2.24, 2.45) is 34.0 Å². The summed E-state index contributed by atoms with van der Waals surface area (Å²) in [6.45, 7) is 4.17. The SMILES string of the molecule is CC(CO)(CO)CC1(CC(C)(CO)CO)C[C@@H]2C[C@@H](OC3CCCCO3)[C@H](CO)[C@@H]2C1. The van der Waals surface area contributed by atoms with Crippen LogP contribution in [0.2, 0.25) is 0 Å². The molecule has 1 unspecified atom stereocenters. The maximum absolute atomic E-state index is 10.3. The van der Waals surface area contributed by atoms with Gasteiger partial charge in [0.05, 0.1) is 32.5 Å². The van der Waals surface area contributed by atoms with Crippen LogP contribution in [0.15, 0.2) is 0 Å². The van der Waals surface area contributed by atoms with Crippen molar-refractivity contribution in [1.82, 2.24) is 0 Å². The molecule has 1 aliphatic heterocycles. The molecular weight excluding hydrogens is 400 g/mol. The molecule has 3 aliphatic rings. The molecule has 31 heavy (non-hydrogen) atoms.